The van der Waals surface area contributed by atoms with Crippen LogP contribution in [0.15, 0.2) is 36.7 Å². The Morgan fingerprint density at radius 2 is 2.00 bits per heavy atom. The zero-order valence-corrected chi connectivity index (χ0v) is 10.4. The van der Waals surface area contributed by atoms with E-state index in [9.17, 15) is 4.79 Å². The van der Waals surface area contributed by atoms with Gasteiger partial charge in [-0.1, -0.05) is 12.1 Å². The summed E-state index contributed by atoms with van der Waals surface area (Å²) >= 11 is 0. The number of carbonyl (C=O) groups is 1. The highest BCUT2D eigenvalue weighted by atomic mass is 16.5. The molecule has 4 heteroatoms. The Bertz CT molecular complexity index is 550. The number of rotatable bonds is 4. The third kappa shape index (κ3) is 2.53. The molecule has 0 saturated heterocycles. The molecule has 0 saturated carbocycles. The minimum Gasteiger partial charge on any atom is -0.493 e. The van der Waals surface area contributed by atoms with Gasteiger partial charge in [0.25, 0.3) is 0 Å². The van der Waals surface area contributed by atoms with Crippen molar-refractivity contribution in [3.05, 3.63) is 53.6 Å². The molecule has 18 heavy (non-hydrogen) atoms. The summed E-state index contributed by atoms with van der Waals surface area (Å²) in [5.41, 5.74) is 1.62. The Balaban J connectivity index is 2.36. The number of carbonyl (C=O) groups excluding carboxylic acids is 1. The summed E-state index contributed by atoms with van der Waals surface area (Å²) in [7, 11) is 0. The summed E-state index contributed by atoms with van der Waals surface area (Å²) in [6, 6.07) is 7.15. The van der Waals surface area contributed by atoms with Crippen molar-refractivity contribution in [2.45, 2.75) is 13.8 Å². The highest BCUT2D eigenvalue weighted by Gasteiger charge is 2.15. The summed E-state index contributed by atoms with van der Waals surface area (Å²) in [5, 5.41) is 0. The van der Waals surface area contributed by atoms with E-state index in [1.54, 1.807) is 24.4 Å². The van der Waals surface area contributed by atoms with Crippen LogP contribution in [0.5, 0.6) is 5.75 Å². The summed E-state index contributed by atoms with van der Waals surface area (Å²) in [6.07, 6.45) is 3.07. The lowest BCUT2D eigenvalue weighted by Crippen LogP contribution is -2.07. The summed E-state index contributed by atoms with van der Waals surface area (Å²) < 4.78 is 5.43. The monoisotopic (exact) mass is 242 g/mol. The third-order valence-electron chi connectivity index (χ3n) is 2.45. The van der Waals surface area contributed by atoms with Gasteiger partial charge in [0.05, 0.1) is 24.1 Å². The van der Waals surface area contributed by atoms with Crippen molar-refractivity contribution < 1.29 is 9.53 Å². The summed E-state index contributed by atoms with van der Waals surface area (Å²) in [5.74, 6) is 0.402. The van der Waals surface area contributed by atoms with E-state index in [1.165, 1.54) is 6.20 Å². The Morgan fingerprint density at radius 3 is 2.67 bits per heavy atom. The minimum absolute atomic E-state index is 0.174. The van der Waals surface area contributed by atoms with E-state index < -0.39 is 0 Å². The van der Waals surface area contributed by atoms with Crippen LogP contribution in [-0.4, -0.2) is 22.4 Å². The first-order valence-corrected chi connectivity index (χ1v) is 5.77. The van der Waals surface area contributed by atoms with Gasteiger partial charge < -0.3 is 4.74 Å². The fraction of sp³-hybridized carbons (Fsp3) is 0.214. The number of hydrogen-bond acceptors (Lipinski definition) is 4. The Labute approximate surface area is 106 Å². The molecule has 0 amide bonds. The molecule has 0 aliphatic carbocycles. The van der Waals surface area contributed by atoms with Crippen molar-refractivity contribution in [3.63, 3.8) is 0 Å². The van der Waals surface area contributed by atoms with Crippen LogP contribution < -0.4 is 4.74 Å². The number of hydrogen-bond donors (Lipinski definition) is 0. The van der Waals surface area contributed by atoms with Crippen molar-refractivity contribution in [2.24, 2.45) is 0 Å². The van der Waals surface area contributed by atoms with Crippen molar-refractivity contribution in [1.82, 2.24) is 9.97 Å². The number of aromatic nitrogens is 2. The highest BCUT2D eigenvalue weighted by molar-refractivity contribution is 6.09. The average molecular weight is 242 g/mol. The zero-order valence-electron chi connectivity index (χ0n) is 10.4. The minimum atomic E-state index is -0.174. The quantitative estimate of drug-likeness (QED) is 0.772. The van der Waals surface area contributed by atoms with E-state index in [2.05, 4.69) is 9.97 Å². The first kappa shape index (κ1) is 12.2. The Kier molecular flexibility index (Phi) is 3.67. The van der Waals surface area contributed by atoms with Crippen LogP contribution in [0.3, 0.4) is 0 Å². The van der Waals surface area contributed by atoms with Gasteiger partial charge in [-0.05, 0) is 26.0 Å². The van der Waals surface area contributed by atoms with Crippen molar-refractivity contribution >= 4 is 5.78 Å². The van der Waals surface area contributed by atoms with Gasteiger partial charge in [0, 0.05) is 6.20 Å². The molecule has 0 spiro atoms. The molecule has 0 aliphatic heterocycles. The van der Waals surface area contributed by atoms with Gasteiger partial charge >= 0.3 is 0 Å². The lowest BCUT2D eigenvalue weighted by atomic mass is 10.1. The zero-order chi connectivity index (χ0) is 13.0. The lowest BCUT2D eigenvalue weighted by molar-refractivity contribution is 0.103. The van der Waals surface area contributed by atoms with Crippen LogP contribution >= 0.6 is 0 Å². The van der Waals surface area contributed by atoms with Gasteiger partial charge in [0.15, 0.2) is 0 Å². The molecule has 0 aliphatic rings. The van der Waals surface area contributed by atoms with E-state index in [-0.39, 0.29) is 5.78 Å². The van der Waals surface area contributed by atoms with Crippen molar-refractivity contribution in [3.8, 4) is 5.75 Å². The molecule has 2 rings (SSSR count). The molecule has 0 fully saturated rings. The normalized spacial score (nSPS) is 10.1. The predicted octanol–water partition coefficient (Wildman–Crippen LogP) is 2.41. The van der Waals surface area contributed by atoms with Crippen LogP contribution in [0.2, 0.25) is 0 Å². The number of nitrogens with zero attached hydrogens (tertiary/aromatic N) is 2. The predicted molar refractivity (Wildman–Crippen MR) is 67.8 cm³/mol. The van der Waals surface area contributed by atoms with Gasteiger partial charge in [-0.15, -0.1) is 0 Å². The molecule has 4 nitrogen and oxygen atoms in total. The number of benzene rings is 1. The first-order valence-electron chi connectivity index (χ1n) is 5.77. The second kappa shape index (κ2) is 5.40. The number of aryl methyl sites for hydroxylation is 1. The maximum Gasteiger partial charge on any atom is 0.216 e. The largest absolute Gasteiger partial charge is 0.493 e. The highest BCUT2D eigenvalue weighted by Crippen LogP contribution is 2.20. The molecular formula is C14H14N2O2. The van der Waals surface area contributed by atoms with Crippen LogP contribution in [0, 0.1) is 6.92 Å². The molecule has 1 aromatic carbocycles. The fourth-order valence-electron chi connectivity index (χ4n) is 1.58. The van der Waals surface area contributed by atoms with Crippen molar-refractivity contribution in [2.75, 3.05) is 6.61 Å². The molecule has 0 unspecified atom stereocenters. The molecular weight excluding hydrogens is 228 g/mol. The number of para-hydroxylation sites is 1. The summed E-state index contributed by atoms with van der Waals surface area (Å²) in [4.78, 5) is 20.4. The maximum atomic E-state index is 12.3. The maximum absolute atomic E-state index is 12.3. The van der Waals surface area contributed by atoms with Crippen LogP contribution in [-0.2, 0) is 0 Å². The Morgan fingerprint density at radius 1 is 1.22 bits per heavy atom. The van der Waals surface area contributed by atoms with E-state index in [1.807, 2.05) is 19.9 Å². The van der Waals surface area contributed by atoms with Gasteiger partial charge in [-0.25, -0.2) is 4.98 Å². The van der Waals surface area contributed by atoms with E-state index in [0.29, 0.717) is 23.6 Å². The van der Waals surface area contributed by atoms with Gasteiger partial charge in [0.2, 0.25) is 5.78 Å². The fourth-order valence-corrected chi connectivity index (χ4v) is 1.58. The first-order chi connectivity index (χ1) is 8.72. The SMILES string of the molecule is CCOc1ccccc1C(=O)c1cnc(C)cn1. The van der Waals surface area contributed by atoms with Gasteiger partial charge in [0.1, 0.15) is 11.4 Å². The molecule has 1 heterocycles. The van der Waals surface area contributed by atoms with Gasteiger partial charge in [-0.3, -0.25) is 9.78 Å². The van der Waals surface area contributed by atoms with Gasteiger partial charge in [-0.2, -0.15) is 0 Å². The molecule has 0 radical (unpaired) electrons. The van der Waals surface area contributed by atoms with Crippen LogP contribution in [0.1, 0.15) is 28.7 Å². The smallest absolute Gasteiger partial charge is 0.216 e. The van der Waals surface area contributed by atoms with Crippen LogP contribution in [0.4, 0.5) is 0 Å². The summed E-state index contributed by atoms with van der Waals surface area (Å²) in [6.45, 7) is 4.23. The molecule has 0 N–H and O–H groups in total. The molecule has 92 valence electrons. The van der Waals surface area contributed by atoms with Crippen LogP contribution in [0.25, 0.3) is 0 Å². The lowest BCUT2D eigenvalue weighted by Gasteiger charge is -2.08. The molecule has 1 aromatic heterocycles. The Hall–Kier alpha value is -2.23. The van der Waals surface area contributed by atoms with E-state index >= 15 is 0 Å². The molecule has 0 bridgehead atoms. The van der Waals surface area contributed by atoms with Crippen molar-refractivity contribution in [1.29, 1.82) is 0 Å². The third-order valence-corrected chi connectivity index (χ3v) is 2.45. The average Bonchev–Trinajstić information content (AvgIpc) is 2.40. The topological polar surface area (TPSA) is 52.1 Å². The number of ketones is 1. The molecule has 2 aromatic rings. The van der Waals surface area contributed by atoms with E-state index in [4.69, 9.17) is 4.74 Å². The molecule has 0 atom stereocenters. The second-order valence-electron chi connectivity index (χ2n) is 3.80. The number of ether oxygens (including phenoxy) is 1. The standard InChI is InChI=1S/C14H14N2O2/c1-3-18-13-7-5-4-6-11(13)14(17)12-9-15-10(2)8-16-12/h4-9H,3H2,1-2H3. The second-order valence-corrected chi connectivity index (χ2v) is 3.80. The van der Waals surface area contributed by atoms with E-state index in [0.717, 1.165) is 5.69 Å².